The number of carbonyl (C=O) groups excluding carboxylic acids is 1. The van der Waals surface area contributed by atoms with Crippen molar-refractivity contribution in [2.75, 3.05) is 7.11 Å². The fourth-order valence-corrected chi connectivity index (χ4v) is 2.82. The minimum absolute atomic E-state index is 0.0582. The SMILES string of the molecule is CCc1nc(COc2ccccc2OC)sc1C(C)=O. The van der Waals surface area contributed by atoms with Crippen molar-refractivity contribution < 1.29 is 14.3 Å². The molecule has 0 aliphatic heterocycles. The zero-order valence-electron chi connectivity index (χ0n) is 11.8. The molecule has 0 atom stereocenters. The second kappa shape index (κ2) is 6.52. The molecule has 1 heterocycles. The zero-order chi connectivity index (χ0) is 14.5. The molecule has 2 rings (SSSR count). The van der Waals surface area contributed by atoms with Crippen LogP contribution in [0.15, 0.2) is 24.3 Å². The highest BCUT2D eigenvalue weighted by molar-refractivity contribution is 7.13. The molecule has 106 valence electrons. The molecule has 0 fully saturated rings. The van der Waals surface area contributed by atoms with Gasteiger partial charge in [0.2, 0.25) is 0 Å². The maximum atomic E-state index is 11.5. The minimum atomic E-state index is 0.0582. The summed E-state index contributed by atoms with van der Waals surface area (Å²) in [4.78, 5) is 16.7. The Bertz CT molecular complexity index is 607. The smallest absolute Gasteiger partial charge is 0.171 e. The number of aryl methyl sites for hydroxylation is 1. The third-order valence-corrected chi connectivity index (χ3v) is 3.99. The Kier molecular flexibility index (Phi) is 4.74. The Balaban J connectivity index is 2.13. The van der Waals surface area contributed by atoms with E-state index in [1.165, 1.54) is 11.3 Å². The Morgan fingerprint density at radius 1 is 1.30 bits per heavy atom. The Labute approximate surface area is 122 Å². The molecular formula is C15H17NO3S. The van der Waals surface area contributed by atoms with Crippen molar-refractivity contribution in [3.05, 3.63) is 39.8 Å². The maximum Gasteiger partial charge on any atom is 0.171 e. The standard InChI is InChI=1S/C15H17NO3S/c1-4-11-15(10(2)17)20-14(16-11)9-19-13-8-6-5-7-12(13)18-3/h5-8H,4,9H2,1-3H3. The topological polar surface area (TPSA) is 48.4 Å². The third-order valence-electron chi connectivity index (χ3n) is 2.82. The summed E-state index contributed by atoms with van der Waals surface area (Å²) in [5, 5.41) is 0.804. The summed E-state index contributed by atoms with van der Waals surface area (Å²) in [6.45, 7) is 3.90. The number of methoxy groups -OCH3 is 1. The molecule has 0 amide bonds. The van der Waals surface area contributed by atoms with Crippen molar-refractivity contribution >= 4 is 17.1 Å². The van der Waals surface area contributed by atoms with E-state index in [0.717, 1.165) is 22.0 Å². The minimum Gasteiger partial charge on any atom is -0.493 e. The van der Waals surface area contributed by atoms with E-state index >= 15 is 0 Å². The average Bonchev–Trinajstić information content (AvgIpc) is 2.89. The molecule has 4 nitrogen and oxygen atoms in total. The summed E-state index contributed by atoms with van der Waals surface area (Å²) in [6, 6.07) is 7.46. The zero-order valence-corrected chi connectivity index (χ0v) is 12.6. The van der Waals surface area contributed by atoms with Crippen LogP contribution in [0.4, 0.5) is 0 Å². The first-order valence-corrected chi connectivity index (χ1v) is 7.22. The van der Waals surface area contributed by atoms with Gasteiger partial charge < -0.3 is 9.47 Å². The first kappa shape index (κ1) is 14.5. The molecule has 0 unspecified atom stereocenters. The van der Waals surface area contributed by atoms with Gasteiger partial charge in [0, 0.05) is 6.92 Å². The van der Waals surface area contributed by atoms with E-state index < -0.39 is 0 Å². The quantitative estimate of drug-likeness (QED) is 0.764. The van der Waals surface area contributed by atoms with Crippen molar-refractivity contribution in [1.29, 1.82) is 0 Å². The molecule has 0 saturated heterocycles. The monoisotopic (exact) mass is 291 g/mol. The van der Waals surface area contributed by atoms with Gasteiger partial charge in [-0.3, -0.25) is 4.79 Å². The van der Waals surface area contributed by atoms with E-state index in [0.29, 0.717) is 18.1 Å². The lowest BCUT2D eigenvalue weighted by Crippen LogP contribution is -1.97. The average molecular weight is 291 g/mol. The predicted octanol–water partition coefficient (Wildman–Crippen LogP) is 3.50. The second-order valence-corrected chi connectivity index (χ2v) is 5.32. The molecule has 0 aliphatic rings. The molecule has 5 heteroatoms. The van der Waals surface area contributed by atoms with Crippen molar-refractivity contribution in [2.24, 2.45) is 0 Å². The van der Waals surface area contributed by atoms with Crippen LogP contribution in [0.3, 0.4) is 0 Å². The third kappa shape index (κ3) is 3.17. The number of ether oxygens (including phenoxy) is 2. The number of carbonyl (C=O) groups is 1. The Morgan fingerprint density at radius 2 is 2.00 bits per heavy atom. The highest BCUT2D eigenvalue weighted by Gasteiger charge is 2.14. The van der Waals surface area contributed by atoms with Crippen LogP contribution >= 0.6 is 11.3 Å². The van der Waals surface area contributed by atoms with Gasteiger partial charge in [-0.05, 0) is 18.6 Å². The number of hydrogen-bond donors (Lipinski definition) is 0. The number of aromatic nitrogens is 1. The molecule has 20 heavy (non-hydrogen) atoms. The number of para-hydroxylation sites is 2. The van der Waals surface area contributed by atoms with Crippen LogP contribution < -0.4 is 9.47 Å². The van der Waals surface area contributed by atoms with E-state index in [1.54, 1.807) is 14.0 Å². The normalized spacial score (nSPS) is 10.3. The van der Waals surface area contributed by atoms with Crippen LogP contribution in [0.25, 0.3) is 0 Å². The van der Waals surface area contributed by atoms with E-state index in [1.807, 2.05) is 31.2 Å². The van der Waals surface area contributed by atoms with E-state index in [2.05, 4.69) is 4.98 Å². The fraction of sp³-hybridized carbons (Fsp3) is 0.333. The fourth-order valence-electron chi connectivity index (χ4n) is 1.85. The highest BCUT2D eigenvalue weighted by Crippen LogP contribution is 2.28. The number of ketones is 1. The first-order chi connectivity index (χ1) is 9.65. The molecule has 2 aromatic rings. The first-order valence-electron chi connectivity index (χ1n) is 6.41. The molecule has 0 N–H and O–H groups in total. The molecular weight excluding hydrogens is 274 g/mol. The summed E-state index contributed by atoms with van der Waals surface area (Å²) in [5.41, 5.74) is 0.848. The van der Waals surface area contributed by atoms with Gasteiger partial charge >= 0.3 is 0 Å². The number of rotatable bonds is 6. The van der Waals surface area contributed by atoms with Crippen LogP contribution in [0.1, 0.15) is 34.2 Å². The van der Waals surface area contributed by atoms with Gasteiger partial charge in [0.15, 0.2) is 17.3 Å². The molecule has 0 radical (unpaired) electrons. The predicted molar refractivity (Wildman–Crippen MR) is 78.8 cm³/mol. The van der Waals surface area contributed by atoms with Crippen LogP contribution in [-0.4, -0.2) is 17.9 Å². The van der Waals surface area contributed by atoms with Crippen LogP contribution in [0.2, 0.25) is 0 Å². The molecule has 1 aromatic carbocycles. The Morgan fingerprint density at radius 3 is 2.55 bits per heavy atom. The van der Waals surface area contributed by atoms with Gasteiger partial charge in [0.05, 0.1) is 17.7 Å². The second-order valence-electron chi connectivity index (χ2n) is 4.23. The summed E-state index contributed by atoms with van der Waals surface area (Å²) >= 11 is 1.40. The van der Waals surface area contributed by atoms with Gasteiger partial charge in [0.1, 0.15) is 11.6 Å². The molecule has 0 saturated carbocycles. The van der Waals surface area contributed by atoms with Crippen LogP contribution in [0, 0.1) is 0 Å². The number of hydrogen-bond acceptors (Lipinski definition) is 5. The number of Topliss-reactive ketones (excluding diaryl/α,β-unsaturated/α-hetero) is 1. The number of nitrogens with zero attached hydrogens (tertiary/aromatic N) is 1. The van der Waals surface area contributed by atoms with Crippen molar-refractivity contribution in [3.8, 4) is 11.5 Å². The summed E-state index contributed by atoms with van der Waals surface area (Å²) in [6.07, 6.45) is 0.750. The van der Waals surface area contributed by atoms with E-state index in [9.17, 15) is 4.79 Å². The maximum absolute atomic E-state index is 11.5. The number of benzene rings is 1. The lowest BCUT2D eigenvalue weighted by atomic mass is 10.2. The largest absolute Gasteiger partial charge is 0.493 e. The van der Waals surface area contributed by atoms with Crippen LogP contribution in [0.5, 0.6) is 11.5 Å². The number of thiazole rings is 1. The summed E-state index contributed by atoms with van der Waals surface area (Å²) in [7, 11) is 1.61. The lowest BCUT2D eigenvalue weighted by Gasteiger charge is -2.08. The molecule has 0 bridgehead atoms. The summed E-state index contributed by atoms with van der Waals surface area (Å²) in [5.74, 6) is 1.42. The molecule has 0 spiro atoms. The van der Waals surface area contributed by atoms with Gasteiger partial charge in [-0.15, -0.1) is 11.3 Å². The Hall–Kier alpha value is -1.88. The molecule has 0 aliphatic carbocycles. The van der Waals surface area contributed by atoms with Crippen molar-refractivity contribution in [1.82, 2.24) is 4.98 Å². The van der Waals surface area contributed by atoms with E-state index in [-0.39, 0.29) is 5.78 Å². The van der Waals surface area contributed by atoms with Gasteiger partial charge in [0.25, 0.3) is 0 Å². The van der Waals surface area contributed by atoms with E-state index in [4.69, 9.17) is 9.47 Å². The highest BCUT2D eigenvalue weighted by atomic mass is 32.1. The lowest BCUT2D eigenvalue weighted by molar-refractivity contribution is 0.102. The summed E-state index contributed by atoms with van der Waals surface area (Å²) < 4.78 is 10.9. The van der Waals surface area contributed by atoms with Crippen molar-refractivity contribution in [3.63, 3.8) is 0 Å². The van der Waals surface area contributed by atoms with Gasteiger partial charge in [-0.25, -0.2) is 4.98 Å². The van der Waals surface area contributed by atoms with Crippen molar-refractivity contribution in [2.45, 2.75) is 26.9 Å². The van der Waals surface area contributed by atoms with Gasteiger partial charge in [-0.2, -0.15) is 0 Å². The van der Waals surface area contributed by atoms with Gasteiger partial charge in [-0.1, -0.05) is 19.1 Å². The molecule has 1 aromatic heterocycles. The van der Waals surface area contributed by atoms with Crippen LogP contribution in [-0.2, 0) is 13.0 Å².